The summed E-state index contributed by atoms with van der Waals surface area (Å²) in [4.78, 5) is 30.2. The van der Waals surface area contributed by atoms with E-state index in [0.717, 1.165) is 43.8 Å². The first kappa shape index (κ1) is 21.1. The van der Waals surface area contributed by atoms with E-state index in [2.05, 4.69) is 17.1 Å². The summed E-state index contributed by atoms with van der Waals surface area (Å²) in [6.45, 7) is 3.68. The van der Waals surface area contributed by atoms with Gasteiger partial charge in [0, 0.05) is 24.3 Å². The summed E-state index contributed by atoms with van der Waals surface area (Å²) in [7, 11) is 0. The van der Waals surface area contributed by atoms with Crippen molar-refractivity contribution in [3.05, 3.63) is 83.9 Å². The standard InChI is InChI=1S/C27H27N3O3/c1-2-29-24-18-19(11-16-23(24)27(32)30-17-7-6-10-25(29)30)26(31)28-20-12-14-22(15-13-20)33-21-8-4-3-5-9-21/h3-5,8-9,11-16,18,25H,2,6-7,10,17H2,1H3,(H,28,31)/t25-/m1/s1. The van der Waals surface area contributed by atoms with Crippen molar-refractivity contribution >= 4 is 23.2 Å². The fourth-order valence-corrected chi connectivity index (χ4v) is 4.70. The van der Waals surface area contributed by atoms with Crippen LogP contribution in [0.4, 0.5) is 11.4 Å². The minimum Gasteiger partial charge on any atom is -0.457 e. The summed E-state index contributed by atoms with van der Waals surface area (Å²) in [6, 6.07) is 22.2. The van der Waals surface area contributed by atoms with Gasteiger partial charge in [-0.1, -0.05) is 18.2 Å². The quantitative estimate of drug-likeness (QED) is 0.566. The van der Waals surface area contributed by atoms with Crippen LogP contribution in [0.3, 0.4) is 0 Å². The number of anilines is 2. The number of nitrogens with one attached hydrogen (secondary N) is 1. The van der Waals surface area contributed by atoms with Crippen LogP contribution in [0.1, 0.15) is 46.9 Å². The normalized spacial score (nSPS) is 17.2. The molecule has 2 amide bonds. The monoisotopic (exact) mass is 441 g/mol. The summed E-state index contributed by atoms with van der Waals surface area (Å²) < 4.78 is 5.81. The molecule has 1 atom stereocenters. The van der Waals surface area contributed by atoms with E-state index in [1.54, 1.807) is 12.1 Å². The van der Waals surface area contributed by atoms with E-state index in [1.807, 2.05) is 65.6 Å². The third-order valence-electron chi connectivity index (χ3n) is 6.32. The van der Waals surface area contributed by atoms with Crippen molar-refractivity contribution in [3.63, 3.8) is 0 Å². The van der Waals surface area contributed by atoms with E-state index in [1.165, 1.54) is 0 Å². The number of hydrogen-bond donors (Lipinski definition) is 1. The summed E-state index contributed by atoms with van der Waals surface area (Å²) in [5, 5.41) is 2.95. The Labute approximate surface area is 193 Å². The van der Waals surface area contributed by atoms with Gasteiger partial charge >= 0.3 is 0 Å². The van der Waals surface area contributed by atoms with E-state index in [4.69, 9.17) is 4.74 Å². The maximum absolute atomic E-state index is 13.0. The molecule has 0 spiro atoms. The average Bonchev–Trinajstić information content (AvgIpc) is 2.86. The lowest BCUT2D eigenvalue weighted by atomic mass is 9.97. The molecule has 5 rings (SSSR count). The Balaban J connectivity index is 1.33. The largest absolute Gasteiger partial charge is 0.457 e. The van der Waals surface area contributed by atoms with Crippen LogP contribution >= 0.6 is 0 Å². The molecule has 1 saturated heterocycles. The fraction of sp³-hybridized carbons (Fsp3) is 0.259. The Bertz CT molecular complexity index is 1160. The van der Waals surface area contributed by atoms with Crippen LogP contribution in [0.25, 0.3) is 0 Å². The molecule has 2 heterocycles. The predicted octanol–water partition coefficient (Wildman–Crippen LogP) is 5.52. The molecule has 0 aliphatic carbocycles. The van der Waals surface area contributed by atoms with Crippen molar-refractivity contribution in [1.82, 2.24) is 4.90 Å². The number of para-hydroxylation sites is 1. The fourth-order valence-electron chi connectivity index (χ4n) is 4.70. The molecule has 33 heavy (non-hydrogen) atoms. The molecule has 0 bridgehead atoms. The predicted molar refractivity (Wildman–Crippen MR) is 129 cm³/mol. The Morgan fingerprint density at radius 2 is 1.76 bits per heavy atom. The van der Waals surface area contributed by atoms with Gasteiger partial charge < -0.3 is 19.9 Å². The van der Waals surface area contributed by atoms with Gasteiger partial charge in [0.05, 0.1) is 11.3 Å². The number of carbonyl (C=O) groups excluding carboxylic acids is 2. The van der Waals surface area contributed by atoms with Crippen molar-refractivity contribution in [2.75, 3.05) is 23.3 Å². The molecule has 0 radical (unpaired) electrons. The van der Waals surface area contributed by atoms with Crippen molar-refractivity contribution in [2.24, 2.45) is 0 Å². The number of amides is 2. The molecule has 0 aromatic heterocycles. The highest BCUT2D eigenvalue weighted by molar-refractivity contribution is 6.08. The van der Waals surface area contributed by atoms with Crippen molar-refractivity contribution in [1.29, 1.82) is 0 Å². The summed E-state index contributed by atoms with van der Waals surface area (Å²) in [5.74, 6) is 1.32. The van der Waals surface area contributed by atoms with Crippen LogP contribution in [0.2, 0.25) is 0 Å². The van der Waals surface area contributed by atoms with E-state index < -0.39 is 0 Å². The number of ether oxygens (including phenoxy) is 1. The van der Waals surface area contributed by atoms with Gasteiger partial charge in [-0.05, 0) is 80.8 Å². The van der Waals surface area contributed by atoms with E-state index in [9.17, 15) is 9.59 Å². The molecule has 0 unspecified atom stereocenters. The summed E-state index contributed by atoms with van der Waals surface area (Å²) in [5.41, 5.74) is 2.74. The summed E-state index contributed by atoms with van der Waals surface area (Å²) in [6.07, 6.45) is 3.21. The number of nitrogens with zero attached hydrogens (tertiary/aromatic N) is 2. The van der Waals surface area contributed by atoms with E-state index in [0.29, 0.717) is 22.6 Å². The van der Waals surface area contributed by atoms with E-state index in [-0.39, 0.29) is 18.0 Å². The molecule has 3 aromatic rings. The van der Waals surface area contributed by atoms with Gasteiger partial charge in [-0.2, -0.15) is 0 Å². The van der Waals surface area contributed by atoms with Crippen LogP contribution in [-0.4, -0.2) is 36.0 Å². The summed E-state index contributed by atoms with van der Waals surface area (Å²) >= 11 is 0. The van der Waals surface area contributed by atoms with Crippen LogP contribution in [-0.2, 0) is 0 Å². The molecule has 2 aliphatic heterocycles. The Morgan fingerprint density at radius 1 is 1.00 bits per heavy atom. The van der Waals surface area contributed by atoms with Crippen LogP contribution in [0.5, 0.6) is 11.5 Å². The van der Waals surface area contributed by atoms with Gasteiger partial charge in [-0.15, -0.1) is 0 Å². The zero-order chi connectivity index (χ0) is 22.8. The zero-order valence-corrected chi connectivity index (χ0v) is 18.7. The average molecular weight is 442 g/mol. The molecule has 6 nitrogen and oxygen atoms in total. The second-order valence-electron chi connectivity index (χ2n) is 8.39. The number of carbonyl (C=O) groups is 2. The smallest absolute Gasteiger partial charge is 0.257 e. The topological polar surface area (TPSA) is 61.9 Å². The van der Waals surface area contributed by atoms with Gasteiger partial charge in [-0.3, -0.25) is 9.59 Å². The molecule has 3 aromatic carbocycles. The number of rotatable bonds is 5. The van der Waals surface area contributed by atoms with Gasteiger partial charge in [0.1, 0.15) is 17.7 Å². The molecule has 0 saturated carbocycles. The van der Waals surface area contributed by atoms with Gasteiger partial charge in [0.25, 0.3) is 11.8 Å². The second-order valence-corrected chi connectivity index (χ2v) is 8.39. The van der Waals surface area contributed by atoms with Crippen LogP contribution in [0, 0.1) is 0 Å². The number of piperidine rings is 1. The first-order chi connectivity index (χ1) is 16.1. The first-order valence-electron chi connectivity index (χ1n) is 11.5. The zero-order valence-electron chi connectivity index (χ0n) is 18.7. The molecule has 1 N–H and O–H groups in total. The van der Waals surface area contributed by atoms with Crippen LogP contribution < -0.4 is 15.0 Å². The third-order valence-corrected chi connectivity index (χ3v) is 6.32. The second kappa shape index (κ2) is 8.98. The highest BCUT2D eigenvalue weighted by Crippen LogP contribution is 2.36. The van der Waals surface area contributed by atoms with Crippen molar-refractivity contribution in [2.45, 2.75) is 32.4 Å². The lowest BCUT2D eigenvalue weighted by molar-refractivity contribution is 0.0582. The highest BCUT2D eigenvalue weighted by atomic mass is 16.5. The first-order valence-corrected chi connectivity index (χ1v) is 11.5. The SMILES string of the molecule is CCN1c2cc(C(=O)Nc3ccc(Oc4ccccc4)cc3)ccc2C(=O)N2CCCC[C@@H]21. The maximum atomic E-state index is 13.0. The van der Waals surface area contributed by atoms with Crippen molar-refractivity contribution < 1.29 is 14.3 Å². The molecule has 6 heteroatoms. The van der Waals surface area contributed by atoms with Gasteiger partial charge in [0.2, 0.25) is 0 Å². The van der Waals surface area contributed by atoms with E-state index >= 15 is 0 Å². The molecular formula is C27H27N3O3. The minimum atomic E-state index is -0.205. The Kier molecular flexibility index (Phi) is 5.73. The number of hydrogen-bond acceptors (Lipinski definition) is 4. The molecule has 2 aliphatic rings. The Hall–Kier alpha value is -3.80. The minimum absolute atomic E-state index is 0.0698. The maximum Gasteiger partial charge on any atom is 0.257 e. The molecular weight excluding hydrogens is 414 g/mol. The van der Waals surface area contributed by atoms with Crippen LogP contribution in [0.15, 0.2) is 72.8 Å². The number of benzene rings is 3. The molecule has 168 valence electrons. The molecule has 1 fully saturated rings. The lowest BCUT2D eigenvalue weighted by Gasteiger charge is -2.47. The highest BCUT2D eigenvalue weighted by Gasteiger charge is 2.38. The Morgan fingerprint density at radius 3 is 2.52 bits per heavy atom. The number of fused-ring (bicyclic) bond motifs is 2. The van der Waals surface area contributed by atoms with Gasteiger partial charge in [-0.25, -0.2) is 0 Å². The lowest BCUT2D eigenvalue weighted by Crippen LogP contribution is -2.57. The van der Waals surface area contributed by atoms with Crippen molar-refractivity contribution in [3.8, 4) is 11.5 Å². The van der Waals surface area contributed by atoms with Gasteiger partial charge in [0.15, 0.2) is 0 Å². The third kappa shape index (κ3) is 4.16.